The second-order valence-electron chi connectivity index (χ2n) is 7.46. The Balaban J connectivity index is 1.82. The van der Waals surface area contributed by atoms with E-state index in [2.05, 4.69) is 20.9 Å². The van der Waals surface area contributed by atoms with E-state index >= 15 is 0 Å². The molecule has 0 saturated carbocycles. The number of halogens is 1. The van der Waals surface area contributed by atoms with E-state index in [0.29, 0.717) is 24.5 Å². The van der Waals surface area contributed by atoms with Gasteiger partial charge in [0.05, 0.1) is 24.0 Å². The van der Waals surface area contributed by atoms with Crippen LogP contribution in [0.4, 0.5) is 26.2 Å². The predicted molar refractivity (Wildman–Crippen MR) is 120 cm³/mol. The summed E-state index contributed by atoms with van der Waals surface area (Å²) in [6.45, 7) is 3.96. The van der Waals surface area contributed by atoms with Crippen molar-refractivity contribution >= 4 is 34.9 Å². The van der Waals surface area contributed by atoms with Crippen LogP contribution in [-0.2, 0) is 4.79 Å². The first kappa shape index (κ1) is 23.0. The zero-order valence-corrected chi connectivity index (χ0v) is 18.2. The second kappa shape index (κ2) is 10.1. The molecular formula is C22H26FN5O4. The summed E-state index contributed by atoms with van der Waals surface area (Å²) in [5.41, 5.74) is 0.880. The molecule has 10 heteroatoms. The van der Waals surface area contributed by atoms with Gasteiger partial charge in [0.2, 0.25) is 5.91 Å². The van der Waals surface area contributed by atoms with Crippen molar-refractivity contribution in [1.29, 1.82) is 0 Å². The van der Waals surface area contributed by atoms with Crippen LogP contribution in [0.3, 0.4) is 0 Å². The minimum atomic E-state index is -0.642. The minimum absolute atomic E-state index is 0.0422. The third kappa shape index (κ3) is 5.73. The maximum absolute atomic E-state index is 14.0. The third-order valence-corrected chi connectivity index (χ3v) is 5.03. The van der Waals surface area contributed by atoms with Gasteiger partial charge in [-0.15, -0.1) is 0 Å². The number of amides is 4. The fraction of sp³-hybridized carbons (Fsp3) is 0.318. The number of hydrogen-bond donors (Lipinski definition) is 3. The molecule has 9 nitrogen and oxygen atoms in total. The fourth-order valence-corrected chi connectivity index (χ4v) is 3.29. The van der Waals surface area contributed by atoms with Crippen molar-refractivity contribution in [1.82, 2.24) is 9.80 Å². The second-order valence-corrected chi connectivity index (χ2v) is 7.46. The van der Waals surface area contributed by atoms with Crippen molar-refractivity contribution in [3.05, 3.63) is 47.8 Å². The molecule has 1 aliphatic heterocycles. The van der Waals surface area contributed by atoms with E-state index in [0.717, 1.165) is 19.2 Å². The molecule has 2 aromatic rings. The molecule has 170 valence electrons. The third-order valence-electron chi connectivity index (χ3n) is 5.03. The van der Waals surface area contributed by atoms with Gasteiger partial charge in [-0.2, -0.15) is 0 Å². The van der Waals surface area contributed by atoms with Gasteiger partial charge in [-0.05, 0) is 43.4 Å². The lowest BCUT2D eigenvalue weighted by Gasteiger charge is -2.32. The average molecular weight is 443 g/mol. The zero-order chi connectivity index (χ0) is 23.3. The molecule has 1 saturated heterocycles. The molecule has 0 atom stereocenters. The van der Waals surface area contributed by atoms with Crippen LogP contribution in [0.2, 0.25) is 0 Å². The van der Waals surface area contributed by atoms with Crippen LogP contribution in [-0.4, -0.2) is 68.0 Å². The summed E-state index contributed by atoms with van der Waals surface area (Å²) in [6.07, 6.45) is 0. The molecule has 0 unspecified atom stereocenters. The minimum Gasteiger partial charge on any atom is -0.495 e. The Hall–Kier alpha value is -3.66. The van der Waals surface area contributed by atoms with Crippen molar-refractivity contribution in [2.24, 2.45) is 0 Å². The van der Waals surface area contributed by atoms with Gasteiger partial charge in [0, 0.05) is 38.8 Å². The van der Waals surface area contributed by atoms with Crippen molar-refractivity contribution < 1.29 is 23.5 Å². The van der Waals surface area contributed by atoms with E-state index < -0.39 is 11.7 Å². The monoisotopic (exact) mass is 443 g/mol. The number of methoxy groups -OCH3 is 1. The van der Waals surface area contributed by atoms with E-state index in [1.807, 2.05) is 7.05 Å². The Morgan fingerprint density at radius 2 is 1.66 bits per heavy atom. The van der Waals surface area contributed by atoms with Crippen molar-refractivity contribution in [2.45, 2.75) is 6.92 Å². The molecule has 0 aromatic heterocycles. The largest absolute Gasteiger partial charge is 0.495 e. The predicted octanol–water partition coefficient (Wildman–Crippen LogP) is 2.82. The SMILES string of the molecule is COc1ccc(NC(C)=O)cc1NC(=O)c1cc(F)ccc1NC(=O)N1CCN(C)CC1. The van der Waals surface area contributed by atoms with Crippen molar-refractivity contribution in [3.8, 4) is 5.75 Å². The van der Waals surface area contributed by atoms with Crippen LogP contribution in [0.25, 0.3) is 0 Å². The molecule has 3 rings (SSSR count). The van der Waals surface area contributed by atoms with Crippen LogP contribution in [0.1, 0.15) is 17.3 Å². The summed E-state index contributed by atoms with van der Waals surface area (Å²) in [5, 5.41) is 8.00. The molecule has 0 bridgehead atoms. The number of hydrogen-bond acceptors (Lipinski definition) is 5. The summed E-state index contributed by atoms with van der Waals surface area (Å²) in [7, 11) is 3.42. The van der Waals surface area contributed by atoms with Gasteiger partial charge in [0.25, 0.3) is 5.91 Å². The van der Waals surface area contributed by atoms with Gasteiger partial charge < -0.3 is 30.5 Å². The lowest BCUT2D eigenvalue weighted by Crippen LogP contribution is -2.48. The highest BCUT2D eigenvalue weighted by Crippen LogP contribution is 2.29. The van der Waals surface area contributed by atoms with Crippen LogP contribution in [0.5, 0.6) is 5.75 Å². The first-order valence-electron chi connectivity index (χ1n) is 10.1. The first-order valence-corrected chi connectivity index (χ1v) is 10.1. The summed E-state index contributed by atoms with van der Waals surface area (Å²) in [6, 6.07) is 7.96. The lowest BCUT2D eigenvalue weighted by atomic mass is 10.1. The fourth-order valence-electron chi connectivity index (χ4n) is 3.29. The number of rotatable bonds is 5. The number of benzene rings is 2. The quantitative estimate of drug-likeness (QED) is 0.660. The van der Waals surface area contributed by atoms with Crippen LogP contribution < -0.4 is 20.7 Å². The summed E-state index contributed by atoms with van der Waals surface area (Å²) in [5.74, 6) is -1.18. The van der Waals surface area contributed by atoms with Gasteiger partial charge >= 0.3 is 6.03 Å². The highest BCUT2D eigenvalue weighted by atomic mass is 19.1. The molecular weight excluding hydrogens is 417 g/mol. The van der Waals surface area contributed by atoms with Gasteiger partial charge in [-0.1, -0.05) is 0 Å². The van der Waals surface area contributed by atoms with Crippen molar-refractivity contribution in [2.75, 3.05) is 56.3 Å². The first-order chi connectivity index (χ1) is 15.3. The molecule has 3 N–H and O–H groups in total. The number of piperazine rings is 1. The van der Waals surface area contributed by atoms with Crippen LogP contribution >= 0.6 is 0 Å². The van der Waals surface area contributed by atoms with Crippen LogP contribution in [0, 0.1) is 5.82 Å². The number of anilines is 3. The summed E-state index contributed by atoms with van der Waals surface area (Å²) >= 11 is 0. The Morgan fingerprint density at radius 1 is 0.938 bits per heavy atom. The number of nitrogens with zero attached hydrogens (tertiary/aromatic N) is 2. The maximum Gasteiger partial charge on any atom is 0.321 e. The number of likely N-dealkylation sites (N-methyl/N-ethyl adjacent to an activating group) is 1. The smallest absolute Gasteiger partial charge is 0.321 e. The van der Waals surface area contributed by atoms with Gasteiger partial charge in [0.15, 0.2) is 0 Å². The molecule has 32 heavy (non-hydrogen) atoms. The van der Waals surface area contributed by atoms with Crippen molar-refractivity contribution in [3.63, 3.8) is 0 Å². The highest BCUT2D eigenvalue weighted by molar-refractivity contribution is 6.10. The Labute approximate surface area is 185 Å². The average Bonchev–Trinajstić information content (AvgIpc) is 2.75. The van der Waals surface area contributed by atoms with E-state index in [1.165, 1.54) is 32.2 Å². The molecule has 0 aliphatic carbocycles. The molecule has 1 fully saturated rings. The number of carbonyl (C=O) groups excluding carboxylic acids is 3. The molecule has 1 aliphatic rings. The molecule has 0 radical (unpaired) electrons. The lowest BCUT2D eigenvalue weighted by molar-refractivity contribution is -0.114. The topological polar surface area (TPSA) is 103 Å². The van der Waals surface area contributed by atoms with Gasteiger partial charge in [0.1, 0.15) is 11.6 Å². The van der Waals surface area contributed by atoms with E-state index in [9.17, 15) is 18.8 Å². The van der Waals surface area contributed by atoms with E-state index in [4.69, 9.17) is 4.74 Å². The maximum atomic E-state index is 14.0. The molecule has 1 heterocycles. The number of urea groups is 1. The Bertz CT molecular complexity index is 1020. The highest BCUT2D eigenvalue weighted by Gasteiger charge is 2.22. The van der Waals surface area contributed by atoms with Crippen LogP contribution in [0.15, 0.2) is 36.4 Å². The number of ether oxygens (including phenoxy) is 1. The number of nitrogens with one attached hydrogen (secondary N) is 3. The van der Waals surface area contributed by atoms with Gasteiger partial charge in [-0.3, -0.25) is 9.59 Å². The number of carbonyl (C=O) groups is 3. The van der Waals surface area contributed by atoms with E-state index in [1.54, 1.807) is 17.0 Å². The molecule has 0 spiro atoms. The molecule has 4 amide bonds. The zero-order valence-electron chi connectivity index (χ0n) is 18.2. The normalized spacial score (nSPS) is 13.9. The standard InChI is InChI=1S/C22H26FN5O4/c1-14(29)24-16-5-7-20(32-3)19(13-16)25-21(30)17-12-15(23)4-6-18(17)26-22(31)28-10-8-27(2)9-11-28/h4-7,12-13H,8-11H2,1-3H3,(H,24,29)(H,25,30)(H,26,31). The summed E-state index contributed by atoms with van der Waals surface area (Å²) < 4.78 is 19.2. The summed E-state index contributed by atoms with van der Waals surface area (Å²) in [4.78, 5) is 40.7. The Kier molecular flexibility index (Phi) is 7.26. The van der Waals surface area contributed by atoms with E-state index in [-0.39, 0.29) is 28.9 Å². The molecule has 2 aromatic carbocycles. The Morgan fingerprint density at radius 3 is 2.31 bits per heavy atom. The van der Waals surface area contributed by atoms with Gasteiger partial charge in [-0.25, -0.2) is 9.18 Å².